The molecule has 2 atom stereocenters. The monoisotopic (exact) mass is 337 g/mol. The molecule has 0 spiro atoms. The van der Waals surface area contributed by atoms with Crippen LogP contribution >= 0.6 is 0 Å². The first kappa shape index (κ1) is 17.6. The Bertz CT molecular complexity index is 580. The molecule has 136 valence electrons. The van der Waals surface area contributed by atoms with E-state index in [-0.39, 0.29) is 17.8 Å². The summed E-state index contributed by atoms with van der Waals surface area (Å²) < 4.78 is 3.19. The molecule has 0 radical (unpaired) electrons. The quantitative estimate of drug-likeness (QED) is 0.877. The maximum atomic E-state index is 12.6. The van der Waals surface area contributed by atoms with Crippen LogP contribution in [0.4, 0.5) is 0 Å². The summed E-state index contributed by atoms with van der Waals surface area (Å²) in [7, 11) is 2.19. The van der Waals surface area contributed by atoms with Crippen molar-refractivity contribution >= 4 is 0 Å². The summed E-state index contributed by atoms with van der Waals surface area (Å²) in [6, 6.07) is 0.619. The van der Waals surface area contributed by atoms with Crippen LogP contribution in [0.25, 0.3) is 0 Å². The predicted octanol–water partition coefficient (Wildman–Crippen LogP) is 0.718. The van der Waals surface area contributed by atoms with E-state index in [1.165, 1.54) is 4.68 Å². The maximum Gasteiger partial charge on any atom is 0.346 e. The minimum Gasteiger partial charge on any atom is -0.391 e. The van der Waals surface area contributed by atoms with Gasteiger partial charge in [-0.3, -0.25) is 9.47 Å². The van der Waals surface area contributed by atoms with Gasteiger partial charge in [-0.1, -0.05) is 0 Å². The highest BCUT2D eigenvalue weighted by Crippen LogP contribution is 2.30. The fourth-order valence-corrected chi connectivity index (χ4v) is 3.95. The van der Waals surface area contributed by atoms with Crippen LogP contribution in [0.5, 0.6) is 0 Å². The molecule has 7 nitrogen and oxygen atoms in total. The van der Waals surface area contributed by atoms with Gasteiger partial charge in [-0.2, -0.15) is 5.10 Å². The van der Waals surface area contributed by atoms with Crippen molar-refractivity contribution < 1.29 is 5.11 Å². The third kappa shape index (κ3) is 3.58. The minimum atomic E-state index is -0.584. The number of hydrogen-bond donors (Lipinski definition) is 1. The van der Waals surface area contributed by atoms with E-state index in [2.05, 4.69) is 21.9 Å². The summed E-state index contributed by atoms with van der Waals surface area (Å²) >= 11 is 0. The second kappa shape index (κ2) is 7.37. The Balaban J connectivity index is 1.60. The summed E-state index contributed by atoms with van der Waals surface area (Å²) in [5, 5.41) is 13.9. The SMILES string of the molecule is CC(O)C(C)n1ncn(C2CCC(N3CCN(C)CC3)CC2)c1=O. The molecule has 3 rings (SSSR count). The first-order valence-corrected chi connectivity index (χ1v) is 9.23. The van der Waals surface area contributed by atoms with Crippen LogP contribution in [0.3, 0.4) is 0 Å². The van der Waals surface area contributed by atoms with Crippen LogP contribution in [0.2, 0.25) is 0 Å². The molecule has 0 aromatic carbocycles. The van der Waals surface area contributed by atoms with Gasteiger partial charge in [0.1, 0.15) is 6.33 Å². The lowest BCUT2D eigenvalue weighted by molar-refractivity contribution is 0.0817. The van der Waals surface area contributed by atoms with E-state index < -0.39 is 6.10 Å². The Kier molecular flexibility index (Phi) is 5.42. The van der Waals surface area contributed by atoms with Gasteiger partial charge in [-0.05, 0) is 46.6 Å². The Labute approximate surface area is 143 Å². The fourth-order valence-electron chi connectivity index (χ4n) is 3.95. The molecule has 1 aromatic rings. The van der Waals surface area contributed by atoms with E-state index in [0.29, 0.717) is 6.04 Å². The third-order valence-electron chi connectivity index (χ3n) is 5.92. The van der Waals surface area contributed by atoms with Crippen molar-refractivity contribution in [3.63, 3.8) is 0 Å². The van der Waals surface area contributed by atoms with E-state index in [1.54, 1.807) is 17.8 Å². The van der Waals surface area contributed by atoms with Gasteiger partial charge >= 0.3 is 5.69 Å². The number of likely N-dealkylation sites (N-methyl/N-ethyl adjacent to an activating group) is 1. The molecule has 2 unspecified atom stereocenters. The second-order valence-electron chi connectivity index (χ2n) is 7.55. The zero-order valence-corrected chi connectivity index (χ0v) is 15.1. The molecule has 1 saturated heterocycles. The molecule has 1 aliphatic carbocycles. The Morgan fingerprint density at radius 1 is 1.08 bits per heavy atom. The van der Waals surface area contributed by atoms with Gasteiger partial charge < -0.3 is 10.0 Å². The standard InChI is InChI=1S/C17H31N5O2/c1-13(14(2)23)22-17(24)21(12-18-22)16-6-4-15(5-7-16)20-10-8-19(3)9-11-20/h12-16,23H,4-11H2,1-3H3. The molecule has 1 N–H and O–H groups in total. The van der Waals surface area contributed by atoms with E-state index >= 15 is 0 Å². The lowest BCUT2D eigenvalue weighted by Crippen LogP contribution is -2.50. The molecular weight excluding hydrogens is 306 g/mol. The minimum absolute atomic E-state index is 0.0913. The van der Waals surface area contributed by atoms with E-state index in [0.717, 1.165) is 51.9 Å². The number of hydrogen-bond acceptors (Lipinski definition) is 5. The van der Waals surface area contributed by atoms with Crippen LogP contribution in [0, 0.1) is 0 Å². The summed E-state index contributed by atoms with van der Waals surface area (Å²) in [6.45, 7) is 8.16. The van der Waals surface area contributed by atoms with Crippen molar-refractivity contribution in [3.05, 3.63) is 16.8 Å². The number of aliphatic hydroxyl groups is 1. The highest BCUT2D eigenvalue weighted by Gasteiger charge is 2.29. The molecule has 0 amide bonds. The Hall–Kier alpha value is -1.18. The van der Waals surface area contributed by atoms with Crippen LogP contribution in [-0.4, -0.2) is 74.6 Å². The third-order valence-corrected chi connectivity index (χ3v) is 5.92. The topological polar surface area (TPSA) is 66.5 Å². The van der Waals surface area contributed by atoms with Crippen LogP contribution in [-0.2, 0) is 0 Å². The molecule has 1 saturated carbocycles. The molecular formula is C17H31N5O2. The first-order chi connectivity index (χ1) is 11.5. The van der Waals surface area contributed by atoms with Gasteiger partial charge in [0.2, 0.25) is 0 Å². The first-order valence-electron chi connectivity index (χ1n) is 9.23. The van der Waals surface area contributed by atoms with E-state index in [9.17, 15) is 9.90 Å². The van der Waals surface area contributed by atoms with Gasteiger partial charge in [0.25, 0.3) is 0 Å². The van der Waals surface area contributed by atoms with Crippen molar-refractivity contribution in [1.29, 1.82) is 0 Å². The highest BCUT2D eigenvalue weighted by molar-refractivity contribution is 4.87. The lowest BCUT2D eigenvalue weighted by Gasteiger charge is -2.41. The number of aliphatic hydroxyl groups excluding tert-OH is 1. The average Bonchev–Trinajstić information content (AvgIpc) is 2.96. The molecule has 0 bridgehead atoms. The maximum absolute atomic E-state index is 12.6. The van der Waals surface area contributed by atoms with Crippen molar-refractivity contribution in [2.24, 2.45) is 0 Å². The molecule has 2 aliphatic rings. The molecule has 2 fully saturated rings. The Morgan fingerprint density at radius 3 is 2.25 bits per heavy atom. The summed E-state index contributed by atoms with van der Waals surface area (Å²) in [5.74, 6) is 0. The van der Waals surface area contributed by atoms with Crippen LogP contribution in [0.1, 0.15) is 51.6 Å². The highest BCUT2D eigenvalue weighted by atomic mass is 16.3. The molecule has 7 heteroatoms. The number of piperazine rings is 1. The average molecular weight is 337 g/mol. The van der Waals surface area contributed by atoms with Gasteiger partial charge in [0.15, 0.2) is 0 Å². The summed E-state index contributed by atoms with van der Waals surface area (Å²) in [4.78, 5) is 17.6. The lowest BCUT2D eigenvalue weighted by atomic mass is 9.89. The van der Waals surface area contributed by atoms with Crippen LogP contribution < -0.4 is 5.69 Å². The van der Waals surface area contributed by atoms with E-state index in [1.807, 2.05) is 6.92 Å². The fraction of sp³-hybridized carbons (Fsp3) is 0.882. The summed E-state index contributed by atoms with van der Waals surface area (Å²) in [5.41, 5.74) is -0.0913. The molecule has 24 heavy (non-hydrogen) atoms. The normalized spacial score (nSPS) is 29.5. The van der Waals surface area contributed by atoms with Gasteiger partial charge in [0.05, 0.1) is 12.1 Å². The number of aromatic nitrogens is 3. The van der Waals surface area contributed by atoms with Gasteiger partial charge in [-0.25, -0.2) is 9.48 Å². The largest absolute Gasteiger partial charge is 0.391 e. The smallest absolute Gasteiger partial charge is 0.346 e. The van der Waals surface area contributed by atoms with Crippen molar-refractivity contribution in [2.75, 3.05) is 33.2 Å². The number of nitrogens with zero attached hydrogens (tertiary/aromatic N) is 5. The van der Waals surface area contributed by atoms with Gasteiger partial charge in [0, 0.05) is 38.3 Å². The number of rotatable bonds is 4. The second-order valence-corrected chi connectivity index (χ2v) is 7.55. The Morgan fingerprint density at radius 2 is 1.67 bits per heavy atom. The molecule has 2 heterocycles. The van der Waals surface area contributed by atoms with E-state index in [4.69, 9.17) is 0 Å². The molecule has 1 aliphatic heterocycles. The van der Waals surface area contributed by atoms with Gasteiger partial charge in [-0.15, -0.1) is 0 Å². The molecule has 1 aromatic heterocycles. The van der Waals surface area contributed by atoms with Crippen molar-refractivity contribution in [1.82, 2.24) is 24.1 Å². The predicted molar refractivity (Wildman–Crippen MR) is 93.2 cm³/mol. The van der Waals surface area contributed by atoms with Crippen molar-refractivity contribution in [3.8, 4) is 0 Å². The summed E-state index contributed by atoms with van der Waals surface area (Å²) in [6.07, 6.45) is 5.44. The van der Waals surface area contributed by atoms with Crippen molar-refractivity contribution in [2.45, 2.75) is 63.8 Å². The zero-order chi connectivity index (χ0) is 17.3. The zero-order valence-electron chi connectivity index (χ0n) is 15.1. The van der Waals surface area contributed by atoms with Crippen LogP contribution in [0.15, 0.2) is 11.1 Å².